The van der Waals surface area contributed by atoms with Crippen LogP contribution in [0.1, 0.15) is 16.3 Å². The second kappa shape index (κ2) is 4.86. The second-order valence-corrected chi connectivity index (χ2v) is 4.28. The van der Waals surface area contributed by atoms with Crippen LogP contribution in [0.2, 0.25) is 0 Å². The normalized spacial score (nSPS) is 10.0. The van der Waals surface area contributed by atoms with Gasteiger partial charge in [0.05, 0.1) is 23.2 Å². The van der Waals surface area contributed by atoms with Gasteiger partial charge in [0.25, 0.3) is 0 Å². The van der Waals surface area contributed by atoms with E-state index in [0.29, 0.717) is 18.4 Å². The van der Waals surface area contributed by atoms with Crippen LogP contribution in [0, 0.1) is 17.1 Å². The zero-order chi connectivity index (χ0) is 11.4. The highest BCUT2D eigenvalue weighted by molar-refractivity contribution is 7.09. The minimum absolute atomic E-state index is 0.209. The first-order chi connectivity index (χ1) is 7.79. The van der Waals surface area contributed by atoms with Gasteiger partial charge in [-0.15, -0.1) is 11.3 Å². The van der Waals surface area contributed by atoms with Crippen LogP contribution >= 0.6 is 11.3 Å². The quantitative estimate of drug-likeness (QED) is 0.815. The maximum Gasteiger partial charge on any atom is 0.126 e. The molecule has 0 saturated carbocycles. The van der Waals surface area contributed by atoms with E-state index in [4.69, 9.17) is 5.26 Å². The fourth-order valence-corrected chi connectivity index (χ4v) is 2.21. The number of nitriles is 1. The van der Waals surface area contributed by atoms with E-state index >= 15 is 0 Å². The predicted molar refractivity (Wildman–Crippen MR) is 60.6 cm³/mol. The molecule has 0 aliphatic rings. The van der Waals surface area contributed by atoms with Crippen molar-refractivity contribution in [2.45, 2.75) is 12.8 Å². The molecular weight excluding hydrogens is 223 g/mol. The molecule has 0 unspecified atom stereocenters. The average Bonchev–Trinajstić information content (AvgIpc) is 2.70. The lowest BCUT2D eigenvalue weighted by Crippen LogP contribution is -1.92. The van der Waals surface area contributed by atoms with Crippen molar-refractivity contribution in [2.24, 2.45) is 0 Å². The van der Waals surface area contributed by atoms with Gasteiger partial charge in [0.15, 0.2) is 0 Å². The molecule has 1 aromatic carbocycles. The lowest BCUT2D eigenvalue weighted by Gasteiger charge is -1.98. The van der Waals surface area contributed by atoms with Crippen molar-refractivity contribution in [1.82, 2.24) is 4.98 Å². The molecule has 0 N–H and O–H groups in total. The zero-order valence-corrected chi connectivity index (χ0v) is 9.30. The third-order valence-electron chi connectivity index (χ3n) is 2.16. The minimum Gasteiger partial charge on any atom is -0.245 e. The monoisotopic (exact) mass is 232 g/mol. The minimum atomic E-state index is -0.209. The Bertz CT molecular complexity index is 528. The number of thiazole rings is 1. The van der Waals surface area contributed by atoms with Gasteiger partial charge in [0.2, 0.25) is 0 Å². The van der Waals surface area contributed by atoms with E-state index in [9.17, 15) is 4.39 Å². The molecule has 0 spiro atoms. The van der Waals surface area contributed by atoms with Crippen LogP contribution in [0.25, 0.3) is 0 Å². The number of hydrogen-bond acceptors (Lipinski definition) is 3. The van der Waals surface area contributed by atoms with Gasteiger partial charge >= 0.3 is 0 Å². The molecule has 2 nitrogen and oxygen atoms in total. The summed E-state index contributed by atoms with van der Waals surface area (Å²) in [7, 11) is 0. The lowest BCUT2D eigenvalue weighted by atomic mass is 10.1. The van der Waals surface area contributed by atoms with Gasteiger partial charge in [-0.25, -0.2) is 9.37 Å². The summed E-state index contributed by atoms with van der Waals surface area (Å²) in [4.78, 5) is 4.27. The highest BCUT2D eigenvalue weighted by Gasteiger charge is 2.06. The van der Waals surface area contributed by atoms with Crippen LogP contribution in [0.5, 0.6) is 0 Å². The molecule has 1 aromatic heterocycles. The SMILES string of the molecule is N#CCc1csc(Cc2ccccc2F)n1. The maximum atomic E-state index is 13.4. The van der Waals surface area contributed by atoms with Crippen LogP contribution in [0.15, 0.2) is 29.6 Å². The molecule has 0 fully saturated rings. The van der Waals surface area contributed by atoms with Gasteiger partial charge in [-0.05, 0) is 11.6 Å². The molecule has 0 saturated heterocycles. The molecule has 0 aliphatic heterocycles. The molecule has 2 rings (SSSR count). The maximum absolute atomic E-state index is 13.4. The van der Waals surface area contributed by atoms with Gasteiger partial charge in [0, 0.05) is 11.8 Å². The van der Waals surface area contributed by atoms with E-state index in [1.165, 1.54) is 17.4 Å². The van der Waals surface area contributed by atoms with Gasteiger partial charge < -0.3 is 0 Å². The number of aromatic nitrogens is 1. The molecule has 0 bridgehead atoms. The van der Waals surface area contributed by atoms with E-state index in [0.717, 1.165) is 10.7 Å². The van der Waals surface area contributed by atoms with E-state index < -0.39 is 0 Å². The molecule has 16 heavy (non-hydrogen) atoms. The van der Waals surface area contributed by atoms with E-state index in [1.54, 1.807) is 12.1 Å². The van der Waals surface area contributed by atoms with Gasteiger partial charge in [0.1, 0.15) is 5.82 Å². The third kappa shape index (κ3) is 2.44. The lowest BCUT2D eigenvalue weighted by molar-refractivity contribution is 0.614. The van der Waals surface area contributed by atoms with Gasteiger partial charge in [-0.1, -0.05) is 18.2 Å². The molecular formula is C12H9FN2S. The molecule has 80 valence electrons. The topological polar surface area (TPSA) is 36.7 Å². The Morgan fingerprint density at radius 2 is 2.19 bits per heavy atom. The third-order valence-corrected chi connectivity index (χ3v) is 3.06. The molecule has 0 aliphatic carbocycles. The fourth-order valence-electron chi connectivity index (χ4n) is 1.40. The molecule has 0 radical (unpaired) electrons. The molecule has 1 heterocycles. The van der Waals surface area contributed by atoms with Gasteiger partial charge in [-0.2, -0.15) is 5.26 Å². The average molecular weight is 232 g/mol. The standard InChI is InChI=1S/C12H9FN2S/c13-11-4-2-1-3-9(11)7-12-15-10(5-6-14)8-16-12/h1-4,8H,5,7H2. The van der Waals surface area contributed by atoms with Gasteiger partial charge in [-0.3, -0.25) is 0 Å². The predicted octanol–water partition coefficient (Wildman–Crippen LogP) is 2.94. The first kappa shape index (κ1) is 10.8. The molecule has 0 amide bonds. The summed E-state index contributed by atoms with van der Waals surface area (Å²) in [5, 5.41) is 11.2. The van der Waals surface area contributed by atoms with Crippen molar-refractivity contribution in [3.8, 4) is 6.07 Å². The van der Waals surface area contributed by atoms with Crippen LogP contribution in [-0.2, 0) is 12.8 Å². The summed E-state index contributed by atoms with van der Waals surface area (Å²) in [6.45, 7) is 0. The largest absolute Gasteiger partial charge is 0.245 e. The summed E-state index contributed by atoms with van der Waals surface area (Å²) in [6, 6.07) is 8.71. The highest BCUT2D eigenvalue weighted by atomic mass is 32.1. The Kier molecular flexibility index (Phi) is 3.28. The highest BCUT2D eigenvalue weighted by Crippen LogP contribution is 2.16. The Hall–Kier alpha value is -1.73. The van der Waals surface area contributed by atoms with Crippen LogP contribution < -0.4 is 0 Å². The Morgan fingerprint density at radius 1 is 1.38 bits per heavy atom. The smallest absolute Gasteiger partial charge is 0.126 e. The van der Waals surface area contributed by atoms with Crippen molar-refractivity contribution in [2.75, 3.05) is 0 Å². The summed E-state index contributed by atoms with van der Waals surface area (Å²) < 4.78 is 13.4. The molecule has 0 atom stereocenters. The molecule has 4 heteroatoms. The first-order valence-electron chi connectivity index (χ1n) is 4.83. The Labute approximate surface area is 97.0 Å². The number of hydrogen-bond donors (Lipinski definition) is 0. The number of nitrogens with zero attached hydrogens (tertiary/aromatic N) is 2. The fraction of sp³-hybridized carbons (Fsp3) is 0.167. The van der Waals surface area contributed by atoms with E-state index in [1.807, 2.05) is 17.5 Å². The molecule has 2 aromatic rings. The first-order valence-corrected chi connectivity index (χ1v) is 5.71. The zero-order valence-electron chi connectivity index (χ0n) is 8.48. The van der Waals surface area contributed by atoms with Crippen molar-refractivity contribution >= 4 is 11.3 Å². The summed E-state index contributed by atoms with van der Waals surface area (Å²) in [5.74, 6) is -0.209. The van der Waals surface area contributed by atoms with E-state index in [2.05, 4.69) is 4.98 Å². The summed E-state index contributed by atoms with van der Waals surface area (Å²) >= 11 is 1.46. The van der Waals surface area contributed by atoms with Crippen molar-refractivity contribution in [3.05, 3.63) is 51.7 Å². The Balaban J connectivity index is 2.15. The number of benzene rings is 1. The number of rotatable bonds is 3. The Morgan fingerprint density at radius 3 is 2.94 bits per heavy atom. The summed E-state index contributed by atoms with van der Waals surface area (Å²) in [5.41, 5.74) is 1.40. The number of halogens is 1. The van der Waals surface area contributed by atoms with Crippen molar-refractivity contribution in [3.63, 3.8) is 0 Å². The van der Waals surface area contributed by atoms with Crippen LogP contribution in [0.3, 0.4) is 0 Å². The van der Waals surface area contributed by atoms with Crippen molar-refractivity contribution < 1.29 is 4.39 Å². The van der Waals surface area contributed by atoms with E-state index in [-0.39, 0.29) is 5.82 Å². The second-order valence-electron chi connectivity index (χ2n) is 3.34. The van der Waals surface area contributed by atoms with Crippen LogP contribution in [-0.4, -0.2) is 4.98 Å². The van der Waals surface area contributed by atoms with Crippen molar-refractivity contribution in [1.29, 1.82) is 5.26 Å². The van der Waals surface area contributed by atoms with Crippen LogP contribution in [0.4, 0.5) is 4.39 Å². The summed E-state index contributed by atoms with van der Waals surface area (Å²) in [6.07, 6.45) is 0.802.